The van der Waals surface area contributed by atoms with Gasteiger partial charge >= 0.3 is 5.97 Å². The van der Waals surface area contributed by atoms with E-state index in [1.807, 2.05) is 19.1 Å². The molecule has 138 valence electrons. The van der Waals surface area contributed by atoms with Crippen LogP contribution in [0.15, 0.2) is 24.3 Å². The molecule has 2 aliphatic carbocycles. The first-order valence-electron chi connectivity index (χ1n) is 9.58. The van der Waals surface area contributed by atoms with Gasteiger partial charge in [0.2, 0.25) is 0 Å². The summed E-state index contributed by atoms with van der Waals surface area (Å²) >= 11 is 0. The fourth-order valence-corrected chi connectivity index (χ4v) is 5.77. The van der Waals surface area contributed by atoms with Crippen molar-refractivity contribution in [2.45, 2.75) is 50.4 Å². The molecule has 5 rings (SSSR count). The number of likely N-dealkylation sites (N-methyl/N-ethyl adjacent to an activating group) is 1. The fraction of sp³-hybridized carbons (Fsp3) is 0.571. The molecule has 1 fully saturated rings. The summed E-state index contributed by atoms with van der Waals surface area (Å²) in [7, 11) is 2.22. The Labute approximate surface area is 153 Å². The number of ether oxygens (including phenoxy) is 3. The van der Waals surface area contributed by atoms with Gasteiger partial charge in [0.05, 0.1) is 6.61 Å². The van der Waals surface area contributed by atoms with E-state index in [9.17, 15) is 4.79 Å². The van der Waals surface area contributed by atoms with E-state index in [1.54, 1.807) is 0 Å². The number of hydrogen-bond acceptors (Lipinski definition) is 5. The Kier molecular flexibility index (Phi) is 3.42. The highest BCUT2D eigenvalue weighted by atomic mass is 16.6. The largest absolute Gasteiger partial charge is 0.490 e. The molecule has 4 unspecified atom stereocenters. The summed E-state index contributed by atoms with van der Waals surface area (Å²) in [6.07, 6.45) is 5.83. The summed E-state index contributed by atoms with van der Waals surface area (Å²) < 4.78 is 18.1. The smallest absolute Gasteiger partial charge is 0.303 e. The van der Waals surface area contributed by atoms with Crippen LogP contribution in [0.3, 0.4) is 0 Å². The fourth-order valence-electron chi connectivity index (χ4n) is 5.77. The molecule has 1 aromatic rings. The Morgan fingerprint density at radius 1 is 1.38 bits per heavy atom. The third kappa shape index (κ3) is 1.92. The van der Waals surface area contributed by atoms with Crippen LogP contribution in [0, 0.1) is 5.92 Å². The van der Waals surface area contributed by atoms with E-state index in [1.165, 1.54) is 18.1 Å². The van der Waals surface area contributed by atoms with Crippen molar-refractivity contribution in [2.24, 2.45) is 5.92 Å². The highest BCUT2D eigenvalue weighted by molar-refractivity contribution is 5.67. The Hall–Kier alpha value is -2.01. The maximum Gasteiger partial charge on any atom is 0.303 e. The van der Waals surface area contributed by atoms with E-state index in [4.69, 9.17) is 14.2 Å². The molecule has 0 N–H and O–H groups in total. The average molecular weight is 355 g/mol. The second-order valence-corrected chi connectivity index (χ2v) is 7.93. The summed E-state index contributed by atoms with van der Waals surface area (Å²) in [5.41, 5.74) is 2.54. The number of esters is 1. The van der Waals surface area contributed by atoms with Gasteiger partial charge in [-0.2, -0.15) is 0 Å². The summed E-state index contributed by atoms with van der Waals surface area (Å²) in [5, 5.41) is 0. The molecule has 1 saturated heterocycles. The van der Waals surface area contributed by atoms with Crippen LogP contribution in [0.2, 0.25) is 0 Å². The van der Waals surface area contributed by atoms with E-state index in [2.05, 4.69) is 24.1 Å². The van der Waals surface area contributed by atoms with Gasteiger partial charge in [-0.15, -0.1) is 0 Å². The number of piperidine rings is 1. The molecule has 1 aromatic carbocycles. The Morgan fingerprint density at radius 2 is 2.23 bits per heavy atom. The summed E-state index contributed by atoms with van der Waals surface area (Å²) in [6, 6.07) is 4.70. The van der Waals surface area contributed by atoms with Crippen molar-refractivity contribution in [3.63, 3.8) is 0 Å². The monoisotopic (exact) mass is 355 g/mol. The van der Waals surface area contributed by atoms with E-state index in [0.717, 1.165) is 30.9 Å². The second-order valence-electron chi connectivity index (χ2n) is 7.93. The van der Waals surface area contributed by atoms with Gasteiger partial charge in [0.25, 0.3) is 0 Å². The molecule has 5 nitrogen and oxygen atoms in total. The van der Waals surface area contributed by atoms with Crippen molar-refractivity contribution in [1.82, 2.24) is 4.90 Å². The van der Waals surface area contributed by atoms with Crippen LogP contribution >= 0.6 is 0 Å². The highest BCUT2D eigenvalue weighted by Crippen LogP contribution is 2.62. The molecule has 4 aliphatic rings. The molecule has 26 heavy (non-hydrogen) atoms. The van der Waals surface area contributed by atoms with Crippen LogP contribution in [-0.2, 0) is 21.4 Å². The molecule has 2 heterocycles. The third-order valence-corrected chi connectivity index (χ3v) is 6.72. The minimum atomic E-state index is -0.347. The number of likely N-dealkylation sites (tertiary alicyclic amines) is 1. The summed E-state index contributed by atoms with van der Waals surface area (Å²) in [5.74, 6) is 1.80. The normalized spacial score (nSPS) is 36.3. The Bertz CT molecular complexity index is 803. The average Bonchev–Trinajstić information content (AvgIpc) is 2.96. The highest BCUT2D eigenvalue weighted by Gasteiger charge is 2.65. The molecule has 0 amide bonds. The van der Waals surface area contributed by atoms with Gasteiger partial charge in [0.1, 0.15) is 6.10 Å². The Morgan fingerprint density at radius 3 is 3.00 bits per heavy atom. The van der Waals surface area contributed by atoms with Crippen LogP contribution in [0.25, 0.3) is 0 Å². The maximum absolute atomic E-state index is 11.7. The molecule has 0 saturated carbocycles. The van der Waals surface area contributed by atoms with Crippen molar-refractivity contribution in [3.8, 4) is 11.5 Å². The zero-order valence-corrected chi connectivity index (χ0v) is 15.5. The van der Waals surface area contributed by atoms with Crippen molar-refractivity contribution in [3.05, 3.63) is 35.4 Å². The molecule has 5 atom stereocenters. The molecule has 0 aromatic heterocycles. The molecular formula is C21H25NO4. The first-order chi connectivity index (χ1) is 12.6. The van der Waals surface area contributed by atoms with Gasteiger partial charge in [-0.3, -0.25) is 4.79 Å². The van der Waals surface area contributed by atoms with Gasteiger partial charge in [-0.25, -0.2) is 0 Å². The molecule has 2 bridgehead atoms. The number of carbonyl (C=O) groups is 1. The minimum absolute atomic E-state index is 0.123. The maximum atomic E-state index is 11.7. The standard InChI is InChI=1S/C21H25NO4/c1-4-24-16-7-5-13-11-15-14-6-8-17(25-12(2)23)20-21(14,9-10-22(15)3)18(13)19(16)26-20/h5-8,14-15,17,20H,4,9-11H2,1-3H3/t14?,15?,17-,20?,21?/m0/s1. The first-order valence-corrected chi connectivity index (χ1v) is 9.58. The van der Waals surface area contributed by atoms with Gasteiger partial charge < -0.3 is 19.1 Å². The molecule has 0 radical (unpaired) electrons. The topological polar surface area (TPSA) is 48.0 Å². The number of benzene rings is 1. The summed E-state index contributed by atoms with van der Waals surface area (Å²) in [6.45, 7) is 5.09. The van der Waals surface area contributed by atoms with Crippen molar-refractivity contribution >= 4 is 5.97 Å². The van der Waals surface area contributed by atoms with Crippen LogP contribution in [-0.4, -0.2) is 49.3 Å². The quantitative estimate of drug-likeness (QED) is 0.616. The lowest BCUT2D eigenvalue weighted by atomic mass is 9.53. The van der Waals surface area contributed by atoms with Crippen molar-refractivity contribution < 1.29 is 19.0 Å². The van der Waals surface area contributed by atoms with E-state index in [0.29, 0.717) is 18.6 Å². The predicted molar refractivity (Wildman–Crippen MR) is 96.6 cm³/mol. The lowest BCUT2D eigenvalue weighted by Crippen LogP contribution is -2.65. The summed E-state index contributed by atoms with van der Waals surface area (Å²) in [4.78, 5) is 14.2. The lowest BCUT2D eigenvalue weighted by Gasteiger charge is -2.56. The molecule has 5 heteroatoms. The van der Waals surface area contributed by atoms with E-state index >= 15 is 0 Å². The van der Waals surface area contributed by atoms with Crippen molar-refractivity contribution in [2.75, 3.05) is 20.2 Å². The predicted octanol–water partition coefficient (Wildman–Crippen LogP) is 2.46. The lowest BCUT2D eigenvalue weighted by molar-refractivity contribution is -0.152. The van der Waals surface area contributed by atoms with Gasteiger partial charge in [0, 0.05) is 29.9 Å². The van der Waals surface area contributed by atoms with Crippen LogP contribution in [0.4, 0.5) is 0 Å². The van der Waals surface area contributed by atoms with Crippen LogP contribution in [0.5, 0.6) is 11.5 Å². The third-order valence-electron chi connectivity index (χ3n) is 6.72. The number of hydrogen-bond donors (Lipinski definition) is 0. The Balaban J connectivity index is 1.72. The van der Waals surface area contributed by atoms with Crippen molar-refractivity contribution in [1.29, 1.82) is 0 Å². The number of nitrogens with zero attached hydrogens (tertiary/aromatic N) is 1. The van der Waals surface area contributed by atoms with Crippen LogP contribution < -0.4 is 9.47 Å². The minimum Gasteiger partial charge on any atom is -0.490 e. The van der Waals surface area contributed by atoms with Gasteiger partial charge in [0.15, 0.2) is 17.6 Å². The SMILES string of the molecule is CCOc1ccc2c3c1OC1[C@@H](OC(C)=O)C=CC4C(C2)N(C)CCC341. The van der Waals surface area contributed by atoms with Gasteiger partial charge in [-0.1, -0.05) is 12.1 Å². The first kappa shape index (κ1) is 16.2. The van der Waals surface area contributed by atoms with Crippen LogP contribution in [0.1, 0.15) is 31.4 Å². The molecule has 2 aliphatic heterocycles. The number of rotatable bonds is 3. The zero-order chi connectivity index (χ0) is 18.1. The van der Waals surface area contributed by atoms with E-state index < -0.39 is 0 Å². The number of carbonyl (C=O) groups excluding carboxylic acids is 1. The van der Waals surface area contributed by atoms with E-state index in [-0.39, 0.29) is 23.6 Å². The molecular weight excluding hydrogens is 330 g/mol. The zero-order valence-electron chi connectivity index (χ0n) is 15.5. The van der Waals surface area contributed by atoms with Gasteiger partial charge in [-0.05, 0) is 51.1 Å². The molecule has 1 spiro atoms. The second kappa shape index (κ2) is 5.49.